The van der Waals surface area contributed by atoms with Crippen LogP contribution < -0.4 is 4.74 Å². The van der Waals surface area contributed by atoms with E-state index in [9.17, 15) is 18.0 Å². The monoisotopic (exact) mass is 628 g/mol. The van der Waals surface area contributed by atoms with Crippen LogP contribution in [0.25, 0.3) is 0 Å². The summed E-state index contributed by atoms with van der Waals surface area (Å²) < 4.78 is 43.1. The first-order valence-electron chi connectivity index (χ1n) is 17.1. The zero-order valence-corrected chi connectivity index (χ0v) is 28.0. The summed E-state index contributed by atoms with van der Waals surface area (Å²) in [5, 5.41) is 0. The van der Waals surface area contributed by atoms with Gasteiger partial charge in [-0.1, -0.05) is 64.5 Å². The van der Waals surface area contributed by atoms with Crippen molar-refractivity contribution < 1.29 is 27.5 Å². The normalized spacial score (nSPS) is 32.6. The second-order valence-electron chi connectivity index (χ2n) is 15.2. The van der Waals surface area contributed by atoms with E-state index in [1.807, 2.05) is 28.6 Å². The molecule has 5 fully saturated rings. The number of fused-ring (bicyclic) bond motifs is 2. The van der Waals surface area contributed by atoms with Crippen LogP contribution in [0.2, 0.25) is 0 Å². The van der Waals surface area contributed by atoms with E-state index in [-0.39, 0.29) is 35.6 Å². The molecule has 0 spiro atoms. The number of carbonyl (C=O) groups is 2. The molecule has 0 aromatic heterocycles. The van der Waals surface area contributed by atoms with Crippen molar-refractivity contribution in [3.8, 4) is 5.75 Å². The van der Waals surface area contributed by atoms with Crippen molar-refractivity contribution >= 4 is 21.9 Å². The van der Waals surface area contributed by atoms with Crippen molar-refractivity contribution in [3.05, 3.63) is 29.8 Å². The van der Waals surface area contributed by atoms with Gasteiger partial charge in [-0.05, 0) is 80.9 Å². The minimum absolute atomic E-state index is 0.0413. The smallest absolute Gasteiger partial charge is 0.332 e. The van der Waals surface area contributed by atoms with Crippen LogP contribution in [0.15, 0.2) is 24.3 Å². The number of benzene rings is 1. The van der Waals surface area contributed by atoms with Crippen molar-refractivity contribution in [1.29, 1.82) is 0 Å². The van der Waals surface area contributed by atoms with Crippen LogP contribution in [0.1, 0.15) is 116 Å². The molecule has 6 rings (SSSR count). The van der Waals surface area contributed by atoms with Crippen molar-refractivity contribution in [1.82, 2.24) is 9.21 Å². The highest BCUT2D eigenvalue weighted by Crippen LogP contribution is 2.67. The summed E-state index contributed by atoms with van der Waals surface area (Å²) in [5.74, 6) is 0.586. The Morgan fingerprint density at radius 1 is 0.932 bits per heavy atom. The number of β-lactam (4-membered cyclic amide) rings is 1. The Hall–Kier alpha value is -2.13. The van der Waals surface area contributed by atoms with E-state index in [1.165, 1.54) is 12.8 Å². The second-order valence-corrected chi connectivity index (χ2v) is 17.1. The Bertz CT molecular complexity index is 1320. The van der Waals surface area contributed by atoms with Gasteiger partial charge in [-0.2, -0.15) is 4.31 Å². The molecule has 9 heteroatoms. The van der Waals surface area contributed by atoms with Gasteiger partial charge in [-0.3, -0.25) is 4.79 Å². The molecule has 1 saturated heterocycles. The van der Waals surface area contributed by atoms with Crippen molar-refractivity contribution in [3.63, 3.8) is 0 Å². The van der Waals surface area contributed by atoms with Gasteiger partial charge in [0.2, 0.25) is 15.9 Å². The first-order valence-corrected chi connectivity index (χ1v) is 18.7. The number of methoxy groups -OCH3 is 1. The Kier molecular flexibility index (Phi) is 8.61. The number of ether oxygens (including phenoxy) is 2. The van der Waals surface area contributed by atoms with Gasteiger partial charge in [0, 0.05) is 24.0 Å². The summed E-state index contributed by atoms with van der Waals surface area (Å²) >= 11 is 0. The lowest BCUT2D eigenvalue weighted by Crippen LogP contribution is -2.66. The molecule has 8 nitrogen and oxygen atoms in total. The molecule has 4 aliphatic carbocycles. The van der Waals surface area contributed by atoms with Crippen LogP contribution in [-0.4, -0.2) is 66.1 Å². The zero-order valence-electron chi connectivity index (χ0n) is 27.2. The molecule has 0 N–H and O–H groups in total. The maximum Gasteiger partial charge on any atom is 0.332 e. The summed E-state index contributed by atoms with van der Waals surface area (Å²) in [6.07, 6.45) is 12.5. The van der Waals surface area contributed by atoms with Crippen LogP contribution in [0.3, 0.4) is 0 Å². The highest BCUT2D eigenvalue weighted by atomic mass is 32.2. The third kappa shape index (κ3) is 5.37. The van der Waals surface area contributed by atoms with Gasteiger partial charge in [0.05, 0.1) is 19.3 Å². The fraction of sp³-hybridized carbons (Fsp3) is 0.771. The van der Waals surface area contributed by atoms with Crippen LogP contribution in [0.4, 0.5) is 0 Å². The fourth-order valence-electron chi connectivity index (χ4n) is 9.61. The lowest BCUT2D eigenvalue weighted by Gasteiger charge is -2.50. The molecule has 1 aliphatic heterocycles. The van der Waals surface area contributed by atoms with E-state index in [0.717, 1.165) is 75.5 Å². The SMILES string of the molecule is COc1ccc(CN2C(=O)C[C@]2(C)C(=O)O[C@H]2C[C@@H]3CC[C@@]2(CS(=O)(=O)N(C2CCCCC2)C2CCCCC2)C3(C)C)cc1. The lowest BCUT2D eigenvalue weighted by atomic mass is 9.69. The Morgan fingerprint density at radius 2 is 1.52 bits per heavy atom. The minimum atomic E-state index is -3.61. The summed E-state index contributed by atoms with van der Waals surface area (Å²) in [5.41, 5.74) is -1.07. The van der Waals surface area contributed by atoms with Crippen molar-refractivity contribution in [2.45, 2.75) is 141 Å². The van der Waals surface area contributed by atoms with Crippen LogP contribution in [0.5, 0.6) is 5.75 Å². The Balaban J connectivity index is 1.23. The number of nitrogens with zero attached hydrogens (tertiary/aromatic N) is 2. The summed E-state index contributed by atoms with van der Waals surface area (Å²) in [6.45, 7) is 6.49. The van der Waals surface area contributed by atoms with Crippen molar-refractivity contribution in [2.75, 3.05) is 12.9 Å². The number of hydrogen-bond donors (Lipinski definition) is 0. The van der Waals surface area contributed by atoms with E-state index in [4.69, 9.17) is 9.47 Å². The highest BCUT2D eigenvalue weighted by Gasteiger charge is 2.68. The maximum absolute atomic E-state index is 14.7. The molecule has 5 aliphatic rings. The van der Waals surface area contributed by atoms with Gasteiger partial charge < -0.3 is 14.4 Å². The van der Waals surface area contributed by atoms with Gasteiger partial charge in [0.1, 0.15) is 17.4 Å². The molecule has 44 heavy (non-hydrogen) atoms. The van der Waals surface area contributed by atoms with Gasteiger partial charge in [0.25, 0.3) is 0 Å². The molecule has 0 radical (unpaired) electrons. The number of esters is 1. The highest BCUT2D eigenvalue weighted by molar-refractivity contribution is 7.89. The Labute approximate surface area is 264 Å². The van der Waals surface area contributed by atoms with Crippen LogP contribution in [-0.2, 0) is 30.9 Å². The third-order valence-corrected chi connectivity index (χ3v) is 14.7. The minimum Gasteiger partial charge on any atom is -0.497 e. The molecular weight excluding hydrogens is 576 g/mol. The summed E-state index contributed by atoms with van der Waals surface area (Å²) in [4.78, 5) is 28.4. The van der Waals surface area contributed by atoms with Crippen molar-refractivity contribution in [2.24, 2.45) is 16.7 Å². The van der Waals surface area contributed by atoms with Crippen LogP contribution >= 0.6 is 0 Å². The quantitative estimate of drug-likeness (QED) is 0.226. The van der Waals surface area contributed by atoms with E-state index in [0.29, 0.717) is 18.9 Å². The fourth-order valence-corrected chi connectivity index (χ4v) is 12.4. The maximum atomic E-state index is 14.7. The molecule has 0 unspecified atom stereocenters. The number of carbonyl (C=O) groups excluding carboxylic acids is 2. The molecule has 1 aromatic carbocycles. The predicted molar refractivity (Wildman–Crippen MR) is 169 cm³/mol. The van der Waals surface area contributed by atoms with Gasteiger partial charge in [-0.15, -0.1) is 0 Å². The molecule has 244 valence electrons. The van der Waals surface area contributed by atoms with Gasteiger partial charge >= 0.3 is 5.97 Å². The van der Waals surface area contributed by atoms with Gasteiger partial charge in [-0.25, -0.2) is 13.2 Å². The Morgan fingerprint density at radius 3 is 2.05 bits per heavy atom. The topological polar surface area (TPSA) is 93.2 Å². The number of hydrogen-bond acceptors (Lipinski definition) is 6. The van der Waals surface area contributed by atoms with Crippen LogP contribution in [0, 0.1) is 16.7 Å². The number of amides is 1. The zero-order chi connectivity index (χ0) is 31.3. The average Bonchev–Trinajstić information content (AvgIpc) is 3.36. The van der Waals surface area contributed by atoms with Gasteiger partial charge in [0.15, 0.2) is 0 Å². The number of likely N-dealkylation sites (tertiary alicyclic amines) is 1. The first kappa shape index (κ1) is 31.8. The van der Waals surface area contributed by atoms with E-state index < -0.39 is 33.1 Å². The molecule has 1 amide bonds. The molecule has 2 bridgehead atoms. The lowest BCUT2D eigenvalue weighted by molar-refractivity contribution is -0.187. The number of sulfonamides is 1. The largest absolute Gasteiger partial charge is 0.497 e. The van der Waals surface area contributed by atoms with E-state index in [2.05, 4.69) is 13.8 Å². The standard InChI is InChI=1S/C35H52N2O6S/c1-33(2)26-19-20-35(33,24-44(40,41)37(27-11-7-5-8-12-27)28-13-9-6-10-14-28)30(21-26)43-32(39)34(3)22-31(38)36(34)23-25-15-17-29(42-4)18-16-25/h15-18,26-28,30H,5-14,19-24H2,1-4H3/t26-,30-,34+,35-/m0/s1. The predicted octanol–water partition coefficient (Wildman–Crippen LogP) is 6.22. The average molecular weight is 629 g/mol. The number of rotatable bonds is 10. The third-order valence-electron chi connectivity index (χ3n) is 12.6. The summed E-state index contributed by atoms with van der Waals surface area (Å²) in [7, 11) is -2.00. The molecule has 4 saturated carbocycles. The molecule has 4 atom stereocenters. The molecule has 1 heterocycles. The van der Waals surface area contributed by atoms with E-state index >= 15 is 0 Å². The molecule has 1 aromatic rings. The molecular formula is C35H52N2O6S. The van der Waals surface area contributed by atoms with E-state index in [1.54, 1.807) is 18.9 Å². The first-order chi connectivity index (χ1) is 20.9. The summed E-state index contributed by atoms with van der Waals surface area (Å²) in [6, 6.07) is 7.67. The second kappa shape index (κ2) is 11.9.